The maximum atomic E-state index is 12.8. The molecular weight excluding hydrogens is 432 g/mol. The molecule has 0 radical (unpaired) electrons. The predicted molar refractivity (Wildman–Crippen MR) is 133 cm³/mol. The SMILES string of the molecule is COc1c(/C(C)=C/C(=O)Nc2ccc([N+](=O)[O-])cc2C)cc2c(-c3ccccc3)coc2c1C. The first kappa shape index (κ1) is 22.8. The number of non-ortho nitro benzene ring substituents is 1. The highest BCUT2D eigenvalue weighted by atomic mass is 16.6. The van der Waals surface area contributed by atoms with Gasteiger partial charge in [0.1, 0.15) is 11.3 Å². The van der Waals surface area contributed by atoms with E-state index in [-0.39, 0.29) is 11.6 Å². The summed E-state index contributed by atoms with van der Waals surface area (Å²) in [5.74, 6) is 0.291. The standard InChI is InChI=1S/C27H24N2O5/c1-16(13-25(30)28-24-11-10-20(29(31)32)12-17(24)2)21-14-22-23(19-8-6-5-7-9-19)15-34-27(22)18(3)26(21)33-4/h5-15H,1-4H3,(H,28,30)/b16-13+. The van der Waals surface area contributed by atoms with Crippen LogP contribution >= 0.6 is 0 Å². The number of anilines is 1. The minimum absolute atomic E-state index is 0.0231. The highest BCUT2D eigenvalue weighted by Crippen LogP contribution is 2.40. The molecule has 0 saturated heterocycles. The van der Waals surface area contributed by atoms with Crippen LogP contribution in [0.15, 0.2) is 71.4 Å². The van der Waals surface area contributed by atoms with Gasteiger partial charge >= 0.3 is 0 Å². The van der Waals surface area contributed by atoms with Crippen molar-refractivity contribution in [1.29, 1.82) is 0 Å². The van der Waals surface area contributed by atoms with E-state index in [9.17, 15) is 14.9 Å². The van der Waals surface area contributed by atoms with Gasteiger partial charge in [-0.25, -0.2) is 0 Å². The van der Waals surface area contributed by atoms with E-state index in [0.717, 1.165) is 33.2 Å². The zero-order valence-electron chi connectivity index (χ0n) is 19.3. The van der Waals surface area contributed by atoms with E-state index >= 15 is 0 Å². The molecule has 3 aromatic carbocycles. The number of aryl methyl sites for hydroxylation is 2. The molecule has 0 aliphatic heterocycles. The average molecular weight is 456 g/mol. The van der Waals surface area contributed by atoms with Gasteiger partial charge in [0, 0.05) is 46.0 Å². The fourth-order valence-electron chi connectivity index (χ4n) is 4.06. The van der Waals surface area contributed by atoms with Crippen molar-refractivity contribution in [1.82, 2.24) is 0 Å². The molecule has 0 bridgehead atoms. The normalized spacial score (nSPS) is 11.5. The van der Waals surface area contributed by atoms with Crippen molar-refractivity contribution in [2.24, 2.45) is 0 Å². The Labute approximate surface area is 196 Å². The number of methoxy groups -OCH3 is 1. The van der Waals surface area contributed by atoms with E-state index in [4.69, 9.17) is 9.15 Å². The third kappa shape index (κ3) is 4.28. The Kier molecular flexibility index (Phi) is 6.19. The molecule has 0 unspecified atom stereocenters. The van der Waals surface area contributed by atoms with E-state index in [1.807, 2.05) is 50.2 Å². The lowest BCUT2D eigenvalue weighted by molar-refractivity contribution is -0.384. The van der Waals surface area contributed by atoms with Crippen LogP contribution in [0.5, 0.6) is 5.75 Å². The van der Waals surface area contributed by atoms with Crippen LogP contribution in [0.2, 0.25) is 0 Å². The maximum absolute atomic E-state index is 12.8. The van der Waals surface area contributed by atoms with Crippen molar-refractivity contribution in [3.8, 4) is 16.9 Å². The summed E-state index contributed by atoms with van der Waals surface area (Å²) in [6.07, 6.45) is 3.23. The minimum atomic E-state index is -0.465. The monoisotopic (exact) mass is 456 g/mol. The fraction of sp³-hybridized carbons (Fsp3) is 0.148. The Balaban J connectivity index is 1.72. The number of hydrogen-bond donors (Lipinski definition) is 1. The van der Waals surface area contributed by atoms with Crippen LogP contribution in [0.3, 0.4) is 0 Å². The number of carbonyl (C=O) groups is 1. The highest BCUT2D eigenvalue weighted by molar-refractivity contribution is 6.06. The van der Waals surface area contributed by atoms with Crippen LogP contribution in [0, 0.1) is 24.0 Å². The largest absolute Gasteiger partial charge is 0.496 e. The Morgan fingerprint density at radius 3 is 2.50 bits per heavy atom. The van der Waals surface area contributed by atoms with Crippen LogP contribution in [-0.2, 0) is 4.79 Å². The molecule has 172 valence electrons. The van der Waals surface area contributed by atoms with Crippen LogP contribution in [0.1, 0.15) is 23.6 Å². The number of fused-ring (bicyclic) bond motifs is 1. The second-order valence-corrected chi connectivity index (χ2v) is 8.05. The van der Waals surface area contributed by atoms with Crippen molar-refractivity contribution in [2.45, 2.75) is 20.8 Å². The Bertz CT molecular complexity index is 1430. The molecule has 34 heavy (non-hydrogen) atoms. The first-order chi connectivity index (χ1) is 16.3. The zero-order valence-corrected chi connectivity index (χ0v) is 19.3. The minimum Gasteiger partial charge on any atom is -0.496 e. The summed E-state index contributed by atoms with van der Waals surface area (Å²) in [4.78, 5) is 23.3. The predicted octanol–water partition coefficient (Wildman–Crippen LogP) is 6.68. The van der Waals surface area contributed by atoms with Gasteiger partial charge in [0.25, 0.3) is 5.69 Å². The molecule has 4 rings (SSSR count). The van der Waals surface area contributed by atoms with Gasteiger partial charge in [-0.2, -0.15) is 0 Å². The number of amides is 1. The number of nitro benzene ring substituents is 1. The second kappa shape index (κ2) is 9.23. The lowest BCUT2D eigenvalue weighted by Gasteiger charge is -2.13. The third-order valence-electron chi connectivity index (χ3n) is 5.78. The van der Waals surface area contributed by atoms with Crippen molar-refractivity contribution in [3.63, 3.8) is 0 Å². The third-order valence-corrected chi connectivity index (χ3v) is 5.78. The number of ether oxygens (including phenoxy) is 1. The number of nitro groups is 1. The van der Waals surface area contributed by atoms with Gasteiger partial charge < -0.3 is 14.5 Å². The van der Waals surface area contributed by atoms with Gasteiger partial charge in [-0.3, -0.25) is 14.9 Å². The molecule has 1 heterocycles. The number of nitrogens with one attached hydrogen (secondary N) is 1. The molecule has 1 aromatic heterocycles. The quantitative estimate of drug-likeness (QED) is 0.198. The molecule has 0 spiro atoms. The fourth-order valence-corrected chi connectivity index (χ4v) is 4.06. The van der Waals surface area contributed by atoms with Crippen LogP contribution in [0.25, 0.3) is 27.7 Å². The van der Waals surface area contributed by atoms with Crippen molar-refractivity contribution >= 4 is 33.8 Å². The summed E-state index contributed by atoms with van der Waals surface area (Å²) < 4.78 is 11.6. The van der Waals surface area contributed by atoms with Crippen molar-refractivity contribution < 1.29 is 18.9 Å². The Hall–Kier alpha value is -4.39. The molecule has 7 nitrogen and oxygen atoms in total. The molecule has 0 fully saturated rings. The van der Waals surface area contributed by atoms with Gasteiger partial charge in [0.05, 0.1) is 18.3 Å². The van der Waals surface area contributed by atoms with Gasteiger partial charge in [0.2, 0.25) is 5.91 Å². The Morgan fingerprint density at radius 2 is 1.85 bits per heavy atom. The van der Waals surface area contributed by atoms with E-state index in [2.05, 4.69) is 5.32 Å². The second-order valence-electron chi connectivity index (χ2n) is 8.05. The van der Waals surface area contributed by atoms with Gasteiger partial charge in [-0.1, -0.05) is 30.3 Å². The van der Waals surface area contributed by atoms with E-state index in [1.54, 1.807) is 20.3 Å². The summed E-state index contributed by atoms with van der Waals surface area (Å²) >= 11 is 0. The number of carbonyl (C=O) groups excluding carboxylic acids is 1. The molecule has 0 aliphatic carbocycles. The Morgan fingerprint density at radius 1 is 1.12 bits per heavy atom. The molecular formula is C27H24N2O5. The van der Waals surface area contributed by atoms with Crippen LogP contribution in [-0.4, -0.2) is 17.9 Å². The van der Waals surface area contributed by atoms with Crippen molar-refractivity contribution in [3.05, 3.63) is 93.7 Å². The maximum Gasteiger partial charge on any atom is 0.269 e. The topological polar surface area (TPSA) is 94.6 Å². The summed E-state index contributed by atoms with van der Waals surface area (Å²) in [6.45, 7) is 5.48. The van der Waals surface area contributed by atoms with Crippen LogP contribution in [0.4, 0.5) is 11.4 Å². The van der Waals surface area contributed by atoms with Crippen molar-refractivity contribution in [2.75, 3.05) is 12.4 Å². The van der Waals surface area contributed by atoms with Gasteiger partial charge in [0.15, 0.2) is 0 Å². The van der Waals surface area contributed by atoms with E-state index in [0.29, 0.717) is 22.6 Å². The van der Waals surface area contributed by atoms with Gasteiger partial charge in [-0.15, -0.1) is 0 Å². The van der Waals surface area contributed by atoms with E-state index in [1.165, 1.54) is 24.3 Å². The lowest BCUT2D eigenvalue weighted by atomic mass is 9.96. The highest BCUT2D eigenvalue weighted by Gasteiger charge is 2.19. The molecule has 0 atom stereocenters. The number of allylic oxidation sites excluding steroid dienone is 1. The molecule has 0 aliphatic rings. The number of nitrogens with zero attached hydrogens (tertiary/aromatic N) is 1. The molecule has 4 aromatic rings. The van der Waals surface area contributed by atoms with Gasteiger partial charge in [-0.05, 0) is 49.6 Å². The molecule has 1 amide bonds. The van der Waals surface area contributed by atoms with Crippen LogP contribution < -0.4 is 10.1 Å². The molecule has 7 heteroatoms. The number of hydrogen-bond acceptors (Lipinski definition) is 5. The smallest absolute Gasteiger partial charge is 0.269 e. The number of furan rings is 1. The summed E-state index contributed by atoms with van der Waals surface area (Å²) in [5.41, 5.74) is 6.15. The first-order valence-electron chi connectivity index (χ1n) is 10.7. The zero-order chi connectivity index (χ0) is 24.4. The molecule has 1 N–H and O–H groups in total. The average Bonchev–Trinajstić information content (AvgIpc) is 3.25. The lowest BCUT2D eigenvalue weighted by Crippen LogP contribution is -2.10. The van der Waals surface area contributed by atoms with E-state index < -0.39 is 4.92 Å². The summed E-state index contributed by atoms with van der Waals surface area (Å²) in [6, 6.07) is 16.2. The first-order valence-corrected chi connectivity index (χ1v) is 10.7. The summed E-state index contributed by atoms with van der Waals surface area (Å²) in [5, 5.41) is 14.7. The number of benzene rings is 3. The molecule has 0 saturated carbocycles. The number of rotatable bonds is 6. The summed E-state index contributed by atoms with van der Waals surface area (Å²) in [7, 11) is 1.59.